The summed E-state index contributed by atoms with van der Waals surface area (Å²) in [4.78, 5) is 0. The second-order valence-electron chi connectivity index (χ2n) is 3.44. The van der Waals surface area contributed by atoms with Crippen molar-refractivity contribution in [2.24, 2.45) is 0 Å². The average molecular weight is 273 g/mol. The van der Waals surface area contributed by atoms with Crippen molar-refractivity contribution >= 4 is 11.4 Å². The van der Waals surface area contributed by atoms with E-state index in [4.69, 9.17) is 11.5 Å². The van der Waals surface area contributed by atoms with Gasteiger partial charge < -0.3 is 36.3 Å². The highest BCUT2D eigenvalue weighted by molar-refractivity contribution is 5.31. The van der Waals surface area contributed by atoms with E-state index in [-0.39, 0.29) is 24.8 Å². The number of nitrogens with two attached hydrogens (primary N) is 2. The maximum absolute atomic E-state index is 5.69. The van der Waals surface area contributed by atoms with Gasteiger partial charge in [0.15, 0.2) is 24.8 Å². The maximum atomic E-state index is 5.69. The number of anilines is 2. The lowest BCUT2D eigenvalue weighted by Crippen LogP contribution is -3.00. The van der Waals surface area contributed by atoms with E-state index in [0.29, 0.717) is 6.67 Å². The molecule has 4 nitrogen and oxygen atoms in total. The summed E-state index contributed by atoms with van der Waals surface area (Å²) in [6.45, 7) is 0.704. The summed E-state index contributed by atoms with van der Waals surface area (Å²) in [5.41, 5.74) is 12.9. The number of halogens is 2. The molecule has 92 valence electrons. The van der Waals surface area contributed by atoms with Crippen molar-refractivity contribution in [2.75, 3.05) is 11.5 Å². The summed E-state index contributed by atoms with van der Waals surface area (Å²) in [6.07, 6.45) is 7.70. The molecule has 17 heavy (non-hydrogen) atoms. The summed E-state index contributed by atoms with van der Waals surface area (Å²) in [6, 6.07) is 7.56. The molecule has 0 amide bonds. The van der Waals surface area contributed by atoms with Gasteiger partial charge in [-0.2, -0.15) is 0 Å². The molecule has 0 aliphatic carbocycles. The van der Waals surface area contributed by atoms with E-state index in [0.717, 1.165) is 11.4 Å². The molecule has 0 aliphatic heterocycles. The van der Waals surface area contributed by atoms with Crippen LogP contribution in [-0.2, 0) is 6.67 Å². The first-order valence-electron chi connectivity index (χ1n) is 4.73. The molecule has 2 aromatic heterocycles. The van der Waals surface area contributed by atoms with Crippen molar-refractivity contribution in [1.82, 2.24) is 0 Å². The third-order valence-electron chi connectivity index (χ3n) is 2.09. The zero-order valence-electron chi connectivity index (χ0n) is 9.13. The van der Waals surface area contributed by atoms with Crippen LogP contribution in [0.1, 0.15) is 0 Å². The molecular formula is C11H14Cl2N4. The van der Waals surface area contributed by atoms with Crippen LogP contribution in [0.5, 0.6) is 0 Å². The Morgan fingerprint density at radius 1 is 0.824 bits per heavy atom. The molecule has 0 aliphatic rings. The van der Waals surface area contributed by atoms with Crippen LogP contribution in [0.2, 0.25) is 0 Å². The Balaban J connectivity index is 0.00000128. The minimum atomic E-state index is 0. The first kappa shape index (κ1) is 15.5. The van der Waals surface area contributed by atoms with E-state index in [1.807, 2.05) is 58.2 Å². The highest BCUT2D eigenvalue weighted by Crippen LogP contribution is 1.94. The van der Waals surface area contributed by atoms with Crippen LogP contribution in [0.25, 0.3) is 0 Å². The van der Waals surface area contributed by atoms with Crippen molar-refractivity contribution in [3.8, 4) is 0 Å². The molecule has 0 unspecified atom stereocenters. The van der Waals surface area contributed by atoms with Crippen LogP contribution in [0, 0.1) is 0 Å². The Bertz CT molecular complexity index is 433. The van der Waals surface area contributed by atoms with Crippen molar-refractivity contribution in [3.05, 3.63) is 49.1 Å². The van der Waals surface area contributed by atoms with Gasteiger partial charge in [0.1, 0.15) is 0 Å². The third kappa shape index (κ3) is 4.46. The molecule has 0 radical (unpaired) electrons. The molecule has 0 atom stereocenters. The zero-order chi connectivity index (χ0) is 10.7. The maximum Gasteiger partial charge on any atom is 0.343 e. The fourth-order valence-electron chi connectivity index (χ4n) is 1.45. The van der Waals surface area contributed by atoms with E-state index >= 15 is 0 Å². The number of rotatable bonds is 2. The normalized spacial score (nSPS) is 8.94. The van der Waals surface area contributed by atoms with E-state index in [1.54, 1.807) is 0 Å². The minimum Gasteiger partial charge on any atom is -1.00 e. The quantitative estimate of drug-likeness (QED) is 0.535. The molecule has 0 spiro atoms. The molecular weight excluding hydrogens is 259 g/mol. The zero-order valence-corrected chi connectivity index (χ0v) is 10.6. The monoisotopic (exact) mass is 272 g/mol. The fourth-order valence-corrected chi connectivity index (χ4v) is 1.45. The predicted octanol–water partition coefficient (Wildman–Crippen LogP) is -6.06. The highest BCUT2D eigenvalue weighted by atomic mass is 35.5. The van der Waals surface area contributed by atoms with Gasteiger partial charge in [-0.3, -0.25) is 0 Å². The van der Waals surface area contributed by atoms with E-state index < -0.39 is 0 Å². The number of nitrogen functional groups attached to an aromatic ring is 2. The van der Waals surface area contributed by atoms with Crippen LogP contribution in [0.3, 0.4) is 0 Å². The van der Waals surface area contributed by atoms with Crippen LogP contribution in [0.4, 0.5) is 11.4 Å². The van der Waals surface area contributed by atoms with Gasteiger partial charge in [0.25, 0.3) is 0 Å². The summed E-state index contributed by atoms with van der Waals surface area (Å²) in [5, 5.41) is 0. The lowest BCUT2D eigenvalue weighted by molar-refractivity contribution is -0.912. The average Bonchev–Trinajstić information content (AvgIpc) is 2.17. The molecule has 2 heterocycles. The number of pyridine rings is 2. The van der Waals surface area contributed by atoms with Gasteiger partial charge in [-0.1, -0.05) is 0 Å². The third-order valence-corrected chi connectivity index (χ3v) is 2.09. The molecule has 0 saturated heterocycles. The summed E-state index contributed by atoms with van der Waals surface area (Å²) in [5.74, 6) is 0. The number of hydrogen-bond donors (Lipinski definition) is 2. The predicted molar refractivity (Wildman–Crippen MR) is 57.5 cm³/mol. The van der Waals surface area contributed by atoms with Crippen LogP contribution >= 0.6 is 0 Å². The van der Waals surface area contributed by atoms with Gasteiger partial charge in [0, 0.05) is 12.1 Å². The SMILES string of the molecule is Nc1ccc[n+](C[n+]2cccc(N)c2)c1.[Cl-].[Cl-]. The van der Waals surface area contributed by atoms with E-state index in [9.17, 15) is 0 Å². The Morgan fingerprint density at radius 2 is 1.24 bits per heavy atom. The Kier molecular flexibility index (Phi) is 6.31. The second kappa shape index (κ2) is 6.93. The van der Waals surface area contributed by atoms with Crippen molar-refractivity contribution in [3.63, 3.8) is 0 Å². The Labute approximate surface area is 113 Å². The van der Waals surface area contributed by atoms with E-state index in [2.05, 4.69) is 0 Å². The Hall–Kier alpha value is -1.52. The topological polar surface area (TPSA) is 59.8 Å². The standard InChI is InChI=1S/C11H14N4.2ClH/c12-10-3-1-5-14(7-10)9-15-6-2-4-11(13)8-15;;/h1-8H,9,12-13H2;2*1H/q+2;;/p-2. The van der Waals surface area contributed by atoms with Crippen LogP contribution < -0.4 is 45.4 Å². The first-order chi connectivity index (χ1) is 7.24. The van der Waals surface area contributed by atoms with Gasteiger partial charge in [-0.05, 0) is 12.1 Å². The van der Waals surface area contributed by atoms with Gasteiger partial charge >= 0.3 is 6.67 Å². The lowest BCUT2D eigenvalue weighted by atomic mass is 10.4. The Morgan fingerprint density at radius 3 is 1.59 bits per heavy atom. The number of hydrogen-bond acceptors (Lipinski definition) is 2. The summed E-state index contributed by atoms with van der Waals surface area (Å²) in [7, 11) is 0. The van der Waals surface area contributed by atoms with Gasteiger partial charge in [-0.25, -0.2) is 0 Å². The molecule has 6 heteroatoms. The minimum absolute atomic E-state index is 0. The van der Waals surface area contributed by atoms with Crippen molar-refractivity contribution in [1.29, 1.82) is 0 Å². The summed E-state index contributed by atoms with van der Waals surface area (Å²) >= 11 is 0. The van der Waals surface area contributed by atoms with Crippen molar-refractivity contribution < 1.29 is 33.9 Å². The second-order valence-corrected chi connectivity index (χ2v) is 3.44. The summed E-state index contributed by atoms with van der Waals surface area (Å²) < 4.78 is 3.99. The largest absolute Gasteiger partial charge is 1.00 e. The number of aromatic nitrogens is 2. The van der Waals surface area contributed by atoms with Gasteiger partial charge in [0.05, 0.1) is 11.4 Å². The first-order valence-corrected chi connectivity index (χ1v) is 4.73. The van der Waals surface area contributed by atoms with E-state index in [1.165, 1.54) is 0 Å². The molecule has 2 rings (SSSR count). The number of nitrogens with zero attached hydrogens (tertiary/aromatic N) is 2. The highest BCUT2D eigenvalue weighted by Gasteiger charge is 2.07. The molecule has 0 bridgehead atoms. The van der Waals surface area contributed by atoms with Gasteiger partial charge in [-0.15, -0.1) is 9.13 Å². The fraction of sp³-hybridized carbons (Fsp3) is 0.0909. The smallest absolute Gasteiger partial charge is 0.343 e. The van der Waals surface area contributed by atoms with Crippen molar-refractivity contribution in [2.45, 2.75) is 6.67 Å². The molecule has 0 aromatic carbocycles. The van der Waals surface area contributed by atoms with Gasteiger partial charge in [0.2, 0.25) is 0 Å². The molecule has 2 aromatic rings. The van der Waals surface area contributed by atoms with Crippen LogP contribution in [0.15, 0.2) is 49.1 Å². The molecule has 0 saturated carbocycles. The lowest BCUT2D eigenvalue weighted by Gasteiger charge is -1.95. The molecule has 4 N–H and O–H groups in total. The van der Waals surface area contributed by atoms with Crippen LogP contribution in [-0.4, -0.2) is 0 Å². The molecule has 0 fully saturated rings.